The number of pyridine rings is 1. The standard InChI is InChI=1S/C23H35N2O3P.2ClH/c1-7-23(8-2,29(26,27)28)22-17(6)25-20(13-15(3)4)19(14-24)21(22)18-11-9-16(5)10-12-18;;/h9-12,15H,7-8,13-14,24H2,1-6H3,(H2,26,27,28);2*1H. The van der Waals surface area contributed by atoms with Crippen molar-refractivity contribution in [2.45, 2.75) is 72.5 Å². The maximum Gasteiger partial charge on any atom is 0.336 e. The van der Waals surface area contributed by atoms with Crippen molar-refractivity contribution in [2.75, 3.05) is 0 Å². The van der Waals surface area contributed by atoms with E-state index in [4.69, 9.17) is 10.7 Å². The predicted octanol–water partition coefficient (Wildman–Crippen LogP) is 6.06. The average Bonchev–Trinajstić information content (AvgIpc) is 2.63. The zero-order valence-corrected chi connectivity index (χ0v) is 21.8. The lowest BCUT2D eigenvalue weighted by Gasteiger charge is -2.37. The molecule has 0 unspecified atom stereocenters. The molecule has 0 aliphatic rings. The summed E-state index contributed by atoms with van der Waals surface area (Å²) in [7, 11) is -4.47. The molecule has 2 rings (SSSR count). The Morgan fingerprint density at radius 2 is 1.58 bits per heavy atom. The molecule has 176 valence electrons. The number of aryl methyl sites for hydroxylation is 2. The van der Waals surface area contributed by atoms with E-state index in [9.17, 15) is 14.4 Å². The van der Waals surface area contributed by atoms with E-state index in [1.807, 2.05) is 52.0 Å². The van der Waals surface area contributed by atoms with Crippen molar-refractivity contribution >= 4 is 32.4 Å². The first-order valence-corrected chi connectivity index (χ1v) is 12.0. The van der Waals surface area contributed by atoms with Crippen molar-refractivity contribution in [1.29, 1.82) is 0 Å². The fourth-order valence-electron chi connectivity index (χ4n) is 4.35. The molecule has 1 aromatic heterocycles. The molecule has 0 saturated heterocycles. The molecule has 0 bridgehead atoms. The van der Waals surface area contributed by atoms with Gasteiger partial charge in [0.15, 0.2) is 0 Å². The summed E-state index contributed by atoms with van der Waals surface area (Å²) in [6, 6.07) is 8.08. The van der Waals surface area contributed by atoms with E-state index in [0.717, 1.165) is 34.4 Å². The second-order valence-electron chi connectivity index (χ2n) is 8.32. The van der Waals surface area contributed by atoms with Crippen LogP contribution in [0.1, 0.15) is 68.6 Å². The third-order valence-electron chi connectivity index (χ3n) is 5.90. The zero-order chi connectivity index (χ0) is 22.0. The topological polar surface area (TPSA) is 96.4 Å². The van der Waals surface area contributed by atoms with Crippen molar-refractivity contribution in [1.82, 2.24) is 4.98 Å². The minimum absolute atomic E-state index is 0. The number of benzene rings is 1. The Hall–Kier alpha value is -0.940. The Morgan fingerprint density at radius 3 is 1.97 bits per heavy atom. The average molecular weight is 491 g/mol. The van der Waals surface area contributed by atoms with Gasteiger partial charge in [-0.3, -0.25) is 9.55 Å². The second kappa shape index (κ2) is 11.8. The van der Waals surface area contributed by atoms with Crippen LogP contribution in [0.3, 0.4) is 0 Å². The Bertz CT molecular complexity index is 908. The fourth-order valence-corrected chi connectivity index (χ4v) is 5.74. The van der Waals surface area contributed by atoms with Gasteiger partial charge in [-0.25, -0.2) is 0 Å². The number of halogens is 2. The van der Waals surface area contributed by atoms with Gasteiger partial charge in [0, 0.05) is 17.9 Å². The fraction of sp³-hybridized carbons (Fsp3) is 0.522. The highest BCUT2D eigenvalue weighted by Crippen LogP contribution is 2.63. The number of hydrogen-bond acceptors (Lipinski definition) is 3. The largest absolute Gasteiger partial charge is 0.336 e. The van der Waals surface area contributed by atoms with Crippen molar-refractivity contribution in [3.05, 3.63) is 52.3 Å². The zero-order valence-electron chi connectivity index (χ0n) is 19.3. The minimum atomic E-state index is -4.47. The van der Waals surface area contributed by atoms with Gasteiger partial charge in [0.1, 0.15) is 0 Å². The second-order valence-corrected chi connectivity index (χ2v) is 10.3. The van der Waals surface area contributed by atoms with E-state index in [1.54, 1.807) is 0 Å². The van der Waals surface area contributed by atoms with E-state index in [1.165, 1.54) is 0 Å². The van der Waals surface area contributed by atoms with Crippen LogP contribution in [0.25, 0.3) is 11.1 Å². The van der Waals surface area contributed by atoms with Gasteiger partial charge in [0.05, 0.1) is 5.16 Å². The summed E-state index contributed by atoms with van der Waals surface area (Å²) in [6.07, 6.45) is 1.42. The molecule has 4 N–H and O–H groups in total. The molecule has 5 nitrogen and oxygen atoms in total. The summed E-state index contributed by atoms with van der Waals surface area (Å²) < 4.78 is 12.8. The summed E-state index contributed by atoms with van der Waals surface area (Å²) >= 11 is 0. The number of nitrogens with two attached hydrogens (primary N) is 1. The quantitative estimate of drug-likeness (QED) is 0.390. The summed E-state index contributed by atoms with van der Waals surface area (Å²) in [5.74, 6) is 0.396. The summed E-state index contributed by atoms with van der Waals surface area (Å²) in [5, 5.41) is -1.29. The summed E-state index contributed by atoms with van der Waals surface area (Å²) in [4.78, 5) is 25.7. The van der Waals surface area contributed by atoms with Crippen LogP contribution < -0.4 is 5.73 Å². The van der Waals surface area contributed by atoms with Crippen molar-refractivity contribution in [2.24, 2.45) is 11.7 Å². The molecule has 0 radical (unpaired) electrons. The van der Waals surface area contributed by atoms with Gasteiger partial charge in [0.25, 0.3) is 0 Å². The van der Waals surface area contributed by atoms with E-state index in [2.05, 4.69) is 13.8 Å². The first kappa shape index (κ1) is 30.1. The first-order valence-electron chi connectivity index (χ1n) is 10.4. The minimum Gasteiger partial charge on any atom is -0.326 e. The van der Waals surface area contributed by atoms with E-state index in [-0.39, 0.29) is 31.4 Å². The van der Waals surface area contributed by atoms with Crippen LogP contribution in [0, 0.1) is 19.8 Å². The third-order valence-corrected chi connectivity index (χ3v) is 7.87. The Labute approximate surface area is 199 Å². The van der Waals surface area contributed by atoms with Crippen LogP contribution in [0.4, 0.5) is 0 Å². The van der Waals surface area contributed by atoms with Gasteiger partial charge < -0.3 is 15.5 Å². The highest BCUT2D eigenvalue weighted by Gasteiger charge is 2.48. The molecule has 0 aliphatic carbocycles. The summed E-state index contributed by atoms with van der Waals surface area (Å²) in [5.41, 5.74) is 12.3. The maximum absolute atomic E-state index is 12.8. The Balaban J connectivity index is 0.00000450. The van der Waals surface area contributed by atoms with Crippen LogP contribution in [-0.4, -0.2) is 14.8 Å². The number of hydrogen-bond donors (Lipinski definition) is 3. The smallest absolute Gasteiger partial charge is 0.326 e. The van der Waals surface area contributed by atoms with Gasteiger partial charge in [0.2, 0.25) is 0 Å². The molecule has 0 aliphatic heterocycles. The molecule has 0 amide bonds. The summed E-state index contributed by atoms with van der Waals surface area (Å²) in [6.45, 7) is 12.1. The van der Waals surface area contributed by atoms with E-state index in [0.29, 0.717) is 30.0 Å². The molecule has 8 heteroatoms. The normalized spacial score (nSPS) is 11.8. The van der Waals surface area contributed by atoms with Crippen molar-refractivity contribution in [3.63, 3.8) is 0 Å². The van der Waals surface area contributed by atoms with E-state index >= 15 is 0 Å². The maximum atomic E-state index is 12.8. The lowest BCUT2D eigenvalue weighted by Crippen LogP contribution is -2.29. The molecule has 0 spiro atoms. The lowest BCUT2D eigenvalue weighted by atomic mass is 9.81. The molecule has 2 aromatic rings. The van der Waals surface area contributed by atoms with Crippen LogP contribution in [0.2, 0.25) is 0 Å². The molecule has 31 heavy (non-hydrogen) atoms. The molecule has 0 saturated carbocycles. The van der Waals surface area contributed by atoms with Crippen molar-refractivity contribution < 1.29 is 14.4 Å². The molecule has 0 atom stereocenters. The molecule has 1 aromatic carbocycles. The molecular weight excluding hydrogens is 454 g/mol. The van der Waals surface area contributed by atoms with Crippen molar-refractivity contribution in [3.8, 4) is 11.1 Å². The van der Waals surface area contributed by atoms with Gasteiger partial charge in [-0.15, -0.1) is 24.8 Å². The number of aromatic nitrogens is 1. The molecule has 0 fully saturated rings. The highest BCUT2D eigenvalue weighted by atomic mass is 35.5. The first-order chi connectivity index (χ1) is 13.5. The predicted molar refractivity (Wildman–Crippen MR) is 134 cm³/mol. The van der Waals surface area contributed by atoms with Gasteiger partial charge in [-0.2, -0.15) is 0 Å². The molecule has 1 heterocycles. The van der Waals surface area contributed by atoms with Gasteiger partial charge in [-0.1, -0.05) is 57.5 Å². The Kier molecular flexibility index (Phi) is 11.4. The van der Waals surface area contributed by atoms with Gasteiger partial charge >= 0.3 is 7.60 Å². The van der Waals surface area contributed by atoms with Crippen LogP contribution in [0.5, 0.6) is 0 Å². The monoisotopic (exact) mass is 490 g/mol. The van der Waals surface area contributed by atoms with Crippen LogP contribution in [0.15, 0.2) is 24.3 Å². The van der Waals surface area contributed by atoms with Crippen LogP contribution in [-0.2, 0) is 22.7 Å². The SMILES string of the molecule is CCC(CC)(c1c(C)nc(CC(C)C)c(CN)c1-c1ccc(C)cc1)P(=O)(O)O.Cl.Cl. The number of nitrogens with zero attached hydrogens (tertiary/aromatic N) is 1. The van der Waals surface area contributed by atoms with E-state index < -0.39 is 12.8 Å². The number of rotatable bonds is 8. The van der Waals surface area contributed by atoms with Crippen LogP contribution >= 0.6 is 32.4 Å². The molecular formula is C23H37Cl2N2O3P. The Morgan fingerprint density at radius 1 is 1.06 bits per heavy atom. The highest BCUT2D eigenvalue weighted by molar-refractivity contribution is 7.53. The lowest BCUT2D eigenvalue weighted by molar-refractivity contribution is 0.314. The van der Waals surface area contributed by atoms with Gasteiger partial charge in [-0.05, 0) is 61.3 Å². The third kappa shape index (κ3) is 5.90.